The zero-order valence-electron chi connectivity index (χ0n) is 14.2. The van der Waals surface area contributed by atoms with Crippen LogP contribution < -0.4 is 4.74 Å². The lowest BCUT2D eigenvalue weighted by Crippen LogP contribution is -2.41. The highest BCUT2D eigenvalue weighted by atomic mass is 35.5. The molecule has 2 aromatic rings. The molecule has 25 heavy (non-hydrogen) atoms. The molecule has 1 aliphatic rings. The highest BCUT2D eigenvalue weighted by Gasteiger charge is 2.23. The number of benzene rings is 1. The molecule has 0 aliphatic carbocycles. The van der Waals surface area contributed by atoms with Crippen LogP contribution in [0, 0.1) is 0 Å². The van der Waals surface area contributed by atoms with E-state index in [9.17, 15) is 4.79 Å². The van der Waals surface area contributed by atoms with Gasteiger partial charge in [0.1, 0.15) is 11.9 Å². The quantitative estimate of drug-likeness (QED) is 0.779. The third-order valence-corrected chi connectivity index (χ3v) is 4.71. The number of pyridine rings is 1. The maximum Gasteiger partial charge on any atom is 0.222 e. The van der Waals surface area contributed by atoms with Gasteiger partial charge in [0.05, 0.1) is 0 Å². The van der Waals surface area contributed by atoms with E-state index in [4.69, 9.17) is 16.3 Å². The summed E-state index contributed by atoms with van der Waals surface area (Å²) in [5.41, 5.74) is 1.18. The lowest BCUT2D eigenvalue weighted by Gasteiger charge is -2.32. The molecule has 0 spiro atoms. The van der Waals surface area contributed by atoms with Gasteiger partial charge in [-0.15, -0.1) is 0 Å². The first-order valence-corrected chi connectivity index (χ1v) is 9.17. The molecule has 0 radical (unpaired) electrons. The van der Waals surface area contributed by atoms with E-state index in [1.54, 1.807) is 6.20 Å². The summed E-state index contributed by atoms with van der Waals surface area (Å²) in [5.74, 6) is 1.04. The predicted octanol–water partition coefficient (Wildman–Crippen LogP) is 4.13. The number of halogens is 1. The molecule has 5 heteroatoms. The Balaban J connectivity index is 1.38. The van der Waals surface area contributed by atoms with Crippen LogP contribution >= 0.6 is 11.6 Å². The van der Waals surface area contributed by atoms with E-state index in [1.165, 1.54) is 5.56 Å². The number of likely N-dealkylation sites (tertiary alicyclic amines) is 1. The van der Waals surface area contributed by atoms with E-state index in [-0.39, 0.29) is 12.0 Å². The molecule has 0 unspecified atom stereocenters. The Bertz CT molecular complexity index is 685. The molecule has 132 valence electrons. The average Bonchev–Trinajstić information content (AvgIpc) is 2.63. The molecular formula is C20H23ClN2O2. The van der Waals surface area contributed by atoms with E-state index >= 15 is 0 Å². The summed E-state index contributed by atoms with van der Waals surface area (Å²) in [6, 6.07) is 11.5. The van der Waals surface area contributed by atoms with Gasteiger partial charge in [-0.1, -0.05) is 23.7 Å². The third kappa shape index (κ3) is 5.46. The van der Waals surface area contributed by atoms with Crippen molar-refractivity contribution in [2.24, 2.45) is 0 Å². The maximum atomic E-state index is 12.3. The molecule has 0 bridgehead atoms. The SMILES string of the molecule is O=C(CCCc1cccnc1)N1CCC(Oc2cccc(Cl)c2)CC1. The van der Waals surface area contributed by atoms with Crippen molar-refractivity contribution in [1.82, 2.24) is 9.88 Å². The van der Waals surface area contributed by atoms with Gasteiger partial charge in [-0.2, -0.15) is 0 Å². The van der Waals surface area contributed by atoms with Gasteiger partial charge in [0, 0.05) is 49.8 Å². The van der Waals surface area contributed by atoms with Crippen molar-refractivity contribution >= 4 is 17.5 Å². The summed E-state index contributed by atoms with van der Waals surface area (Å²) in [5, 5.41) is 0.679. The van der Waals surface area contributed by atoms with E-state index in [2.05, 4.69) is 11.1 Å². The number of hydrogen-bond acceptors (Lipinski definition) is 3. The molecule has 0 N–H and O–H groups in total. The normalized spacial score (nSPS) is 15.2. The van der Waals surface area contributed by atoms with Crippen molar-refractivity contribution in [2.45, 2.75) is 38.2 Å². The fourth-order valence-electron chi connectivity index (χ4n) is 3.10. The molecule has 0 saturated carbocycles. The number of rotatable bonds is 6. The number of aromatic nitrogens is 1. The first-order valence-electron chi connectivity index (χ1n) is 8.79. The minimum Gasteiger partial charge on any atom is -0.490 e. The number of hydrogen-bond donors (Lipinski definition) is 0. The first-order chi connectivity index (χ1) is 12.2. The first kappa shape index (κ1) is 17.7. The van der Waals surface area contributed by atoms with Crippen molar-refractivity contribution in [2.75, 3.05) is 13.1 Å². The van der Waals surface area contributed by atoms with Crippen molar-refractivity contribution in [3.63, 3.8) is 0 Å². The average molecular weight is 359 g/mol. The maximum absolute atomic E-state index is 12.3. The second kappa shape index (κ2) is 8.86. The largest absolute Gasteiger partial charge is 0.490 e. The van der Waals surface area contributed by atoms with Gasteiger partial charge in [-0.05, 0) is 42.7 Å². The Hall–Kier alpha value is -2.07. The summed E-state index contributed by atoms with van der Waals surface area (Å²) in [7, 11) is 0. The van der Waals surface area contributed by atoms with Crippen LogP contribution in [0.1, 0.15) is 31.2 Å². The van der Waals surface area contributed by atoms with Crippen LogP contribution in [0.15, 0.2) is 48.8 Å². The molecule has 4 nitrogen and oxygen atoms in total. The Morgan fingerprint density at radius 2 is 2.08 bits per heavy atom. The van der Waals surface area contributed by atoms with Crippen LogP contribution in [0.5, 0.6) is 5.75 Å². The summed E-state index contributed by atoms with van der Waals surface area (Å²) in [4.78, 5) is 18.4. The Labute approximate surface area is 153 Å². The number of amides is 1. The predicted molar refractivity (Wildman–Crippen MR) is 98.9 cm³/mol. The van der Waals surface area contributed by atoms with E-state index < -0.39 is 0 Å². The lowest BCUT2D eigenvalue weighted by atomic mass is 10.1. The minimum atomic E-state index is 0.151. The Morgan fingerprint density at radius 3 is 2.80 bits per heavy atom. The van der Waals surface area contributed by atoms with Gasteiger partial charge in [0.15, 0.2) is 0 Å². The van der Waals surface area contributed by atoms with Crippen LogP contribution in [0.4, 0.5) is 0 Å². The standard InChI is InChI=1S/C20H23ClN2O2/c21-17-6-2-7-19(14-17)25-18-9-12-23(13-10-18)20(24)8-1-4-16-5-3-11-22-15-16/h2-3,5-7,11,14-15,18H,1,4,8-10,12-13H2. The minimum absolute atomic E-state index is 0.151. The van der Waals surface area contributed by atoms with E-state index in [1.807, 2.05) is 41.4 Å². The number of piperidine rings is 1. The number of carbonyl (C=O) groups is 1. The van der Waals surface area contributed by atoms with Crippen molar-refractivity contribution in [1.29, 1.82) is 0 Å². The second-order valence-electron chi connectivity index (χ2n) is 6.37. The second-order valence-corrected chi connectivity index (χ2v) is 6.81. The monoisotopic (exact) mass is 358 g/mol. The topological polar surface area (TPSA) is 42.4 Å². The molecule has 2 heterocycles. The summed E-state index contributed by atoms with van der Waals surface area (Å²) in [6.45, 7) is 1.52. The zero-order chi connectivity index (χ0) is 17.5. The fraction of sp³-hybridized carbons (Fsp3) is 0.400. The fourth-order valence-corrected chi connectivity index (χ4v) is 3.28. The zero-order valence-corrected chi connectivity index (χ0v) is 15.0. The lowest BCUT2D eigenvalue weighted by molar-refractivity contribution is -0.133. The molecule has 1 amide bonds. The molecular weight excluding hydrogens is 336 g/mol. The van der Waals surface area contributed by atoms with Gasteiger partial charge in [0.2, 0.25) is 5.91 Å². The Kier molecular flexibility index (Phi) is 6.29. The molecule has 1 saturated heterocycles. The number of aryl methyl sites for hydroxylation is 1. The summed E-state index contributed by atoms with van der Waals surface area (Å²) in [6.07, 6.45) is 7.86. The van der Waals surface area contributed by atoms with Gasteiger partial charge in [-0.3, -0.25) is 9.78 Å². The third-order valence-electron chi connectivity index (χ3n) is 4.47. The van der Waals surface area contributed by atoms with Crippen LogP contribution in [0.25, 0.3) is 0 Å². The highest BCUT2D eigenvalue weighted by Crippen LogP contribution is 2.22. The molecule has 1 aromatic heterocycles. The van der Waals surface area contributed by atoms with Crippen LogP contribution in [0.3, 0.4) is 0 Å². The van der Waals surface area contributed by atoms with E-state index in [0.29, 0.717) is 11.4 Å². The summed E-state index contributed by atoms with van der Waals surface area (Å²) < 4.78 is 5.97. The van der Waals surface area contributed by atoms with Gasteiger partial charge >= 0.3 is 0 Å². The Morgan fingerprint density at radius 1 is 1.24 bits per heavy atom. The molecule has 3 rings (SSSR count). The number of carbonyl (C=O) groups excluding carboxylic acids is 1. The molecule has 1 aliphatic heterocycles. The highest BCUT2D eigenvalue weighted by molar-refractivity contribution is 6.30. The molecule has 0 atom stereocenters. The van der Waals surface area contributed by atoms with Crippen LogP contribution in [0.2, 0.25) is 5.02 Å². The van der Waals surface area contributed by atoms with Crippen LogP contribution in [-0.2, 0) is 11.2 Å². The van der Waals surface area contributed by atoms with Gasteiger partial charge < -0.3 is 9.64 Å². The number of nitrogens with zero attached hydrogens (tertiary/aromatic N) is 2. The van der Waals surface area contributed by atoms with Gasteiger partial charge in [-0.25, -0.2) is 0 Å². The smallest absolute Gasteiger partial charge is 0.222 e. The molecule has 1 fully saturated rings. The van der Waals surface area contributed by atoms with Crippen molar-refractivity contribution in [3.05, 3.63) is 59.4 Å². The summed E-state index contributed by atoms with van der Waals surface area (Å²) >= 11 is 5.98. The van der Waals surface area contributed by atoms with Gasteiger partial charge in [0.25, 0.3) is 0 Å². The number of ether oxygens (including phenoxy) is 1. The molecule has 1 aromatic carbocycles. The van der Waals surface area contributed by atoms with Crippen molar-refractivity contribution < 1.29 is 9.53 Å². The van der Waals surface area contributed by atoms with Crippen LogP contribution in [-0.4, -0.2) is 35.0 Å². The van der Waals surface area contributed by atoms with Crippen molar-refractivity contribution in [3.8, 4) is 5.75 Å². The van der Waals surface area contributed by atoms with E-state index in [0.717, 1.165) is 44.5 Å².